The molecule has 0 spiro atoms. The van der Waals surface area contributed by atoms with Gasteiger partial charge < -0.3 is 14.5 Å². The van der Waals surface area contributed by atoms with Gasteiger partial charge in [0.2, 0.25) is 0 Å². The molecule has 1 amide bonds. The number of fused-ring (bicyclic) bond motifs is 1. The number of amides is 1. The van der Waals surface area contributed by atoms with Crippen LogP contribution in [-0.2, 0) is 4.79 Å². The summed E-state index contributed by atoms with van der Waals surface area (Å²) in [6.45, 7) is 1.47. The molecule has 3 aromatic rings. The summed E-state index contributed by atoms with van der Waals surface area (Å²) in [7, 11) is 0. The molecular weight excluding hydrogens is 313 g/mol. The second-order valence-electron chi connectivity index (χ2n) is 5.23. The summed E-state index contributed by atoms with van der Waals surface area (Å²) in [5.74, 6) is -0.978. The van der Waals surface area contributed by atoms with Gasteiger partial charge in [-0.05, 0) is 36.8 Å². The van der Waals surface area contributed by atoms with Gasteiger partial charge in [-0.25, -0.2) is 9.18 Å². The number of carbonyl (C=O) groups is 1. The third-order valence-corrected chi connectivity index (χ3v) is 3.43. The van der Waals surface area contributed by atoms with Crippen molar-refractivity contribution in [2.24, 2.45) is 0 Å². The molecule has 0 aliphatic carbocycles. The fraction of sp³-hybridized carbons (Fsp3) is 0.111. The molecule has 0 unspecified atom stereocenters. The zero-order valence-corrected chi connectivity index (χ0v) is 12.8. The number of benzene rings is 2. The van der Waals surface area contributed by atoms with Crippen LogP contribution in [0.5, 0.6) is 5.75 Å². The summed E-state index contributed by atoms with van der Waals surface area (Å²) in [5, 5.41) is 3.40. The number of ether oxygens (including phenoxy) is 1. The number of halogens is 1. The van der Waals surface area contributed by atoms with Crippen molar-refractivity contribution in [3.63, 3.8) is 0 Å². The summed E-state index contributed by atoms with van der Waals surface area (Å²) in [5.41, 5.74) is 1.18. The van der Waals surface area contributed by atoms with E-state index in [0.717, 1.165) is 10.9 Å². The van der Waals surface area contributed by atoms with Crippen molar-refractivity contribution in [1.82, 2.24) is 0 Å². The molecule has 122 valence electrons. The largest absolute Gasteiger partial charge is 0.481 e. The van der Waals surface area contributed by atoms with Gasteiger partial charge in [-0.15, -0.1) is 0 Å². The van der Waals surface area contributed by atoms with Crippen LogP contribution >= 0.6 is 0 Å². The van der Waals surface area contributed by atoms with Crippen LogP contribution in [0.15, 0.2) is 57.7 Å². The Balaban J connectivity index is 1.71. The van der Waals surface area contributed by atoms with E-state index in [1.165, 1.54) is 24.3 Å². The van der Waals surface area contributed by atoms with Crippen molar-refractivity contribution >= 4 is 22.6 Å². The van der Waals surface area contributed by atoms with Crippen molar-refractivity contribution in [3.8, 4) is 5.75 Å². The van der Waals surface area contributed by atoms with Crippen LogP contribution in [0.4, 0.5) is 10.1 Å². The molecule has 0 saturated carbocycles. The van der Waals surface area contributed by atoms with E-state index in [4.69, 9.17) is 9.15 Å². The molecule has 0 fully saturated rings. The smallest absolute Gasteiger partial charge is 0.336 e. The predicted molar refractivity (Wildman–Crippen MR) is 87.7 cm³/mol. The lowest BCUT2D eigenvalue weighted by Gasteiger charge is -2.09. The van der Waals surface area contributed by atoms with Crippen LogP contribution in [0.25, 0.3) is 11.0 Å². The number of aryl methyl sites for hydroxylation is 1. The number of rotatable bonds is 4. The van der Waals surface area contributed by atoms with E-state index in [-0.39, 0.29) is 12.4 Å². The van der Waals surface area contributed by atoms with Crippen LogP contribution in [0.2, 0.25) is 0 Å². The van der Waals surface area contributed by atoms with Crippen molar-refractivity contribution in [2.75, 3.05) is 11.9 Å². The first-order valence-electron chi connectivity index (χ1n) is 7.24. The van der Waals surface area contributed by atoms with E-state index in [2.05, 4.69) is 5.32 Å². The minimum absolute atomic E-state index is 0.00721. The van der Waals surface area contributed by atoms with Gasteiger partial charge in [-0.3, -0.25) is 4.79 Å². The molecule has 1 aromatic heterocycles. The second kappa shape index (κ2) is 6.54. The zero-order chi connectivity index (χ0) is 17.1. The highest BCUT2D eigenvalue weighted by Crippen LogP contribution is 2.21. The van der Waals surface area contributed by atoms with Gasteiger partial charge in [0.05, 0.1) is 0 Å². The topological polar surface area (TPSA) is 68.5 Å². The minimum Gasteiger partial charge on any atom is -0.481 e. The lowest BCUT2D eigenvalue weighted by atomic mass is 10.1. The molecule has 1 heterocycles. The lowest BCUT2D eigenvalue weighted by molar-refractivity contribution is -0.118. The number of para-hydroxylation sites is 1. The summed E-state index contributed by atoms with van der Waals surface area (Å²) in [4.78, 5) is 23.3. The van der Waals surface area contributed by atoms with E-state index in [1.54, 1.807) is 31.2 Å². The van der Waals surface area contributed by atoms with E-state index in [9.17, 15) is 14.0 Å². The fourth-order valence-corrected chi connectivity index (χ4v) is 2.30. The standard InChI is InChI=1S/C18H14FNO4/c1-11-8-18(22)24-16-9-12(6-7-13(11)16)20-17(21)10-23-15-5-3-2-4-14(15)19/h2-9H,10H2,1H3,(H,20,21). The maximum Gasteiger partial charge on any atom is 0.336 e. The number of hydrogen-bond donors (Lipinski definition) is 1. The van der Waals surface area contributed by atoms with Gasteiger partial charge in [0.25, 0.3) is 5.91 Å². The van der Waals surface area contributed by atoms with E-state index in [0.29, 0.717) is 11.3 Å². The molecule has 0 saturated heterocycles. The number of nitrogens with one attached hydrogen (secondary N) is 1. The van der Waals surface area contributed by atoms with Crippen molar-refractivity contribution in [2.45, 2.75) is 6.92 Å². The van der Waals surface area contributed by atoms with Crippen molar-refractivity contribution in [1.29, 1.82) is 0 Å². The van der Waals surface area contributed by atoms with Crippen LogP contribution < -0.4 is 15.7 Å². The minimum atomic E-state index is -0.534. The number of anilines is 1. The quantitative estimate of drug-likeness (QED) is 0.747. The Kier molecular flexibility index (Phi) is 4.29. The average Bonchev–Trinajstić information content (AvgIpc) is 2.53. The molecule has 0 bridgehead atoms. The first kappa shape index (κ1) is 15.7. The highest BCUT2D eigenvalue weighted by Gasteiger charge is 2.08. The Morgan fingerprint density at radius 3 is 2.79 bits per heavy atom. The molecule has 6 heteroatoms. The summed E-state index contributed by atoms with van der Waals surface area (Å²) >= 11 is 0. The molecule has 2 aromatic carbocycles. The Morgan fingerprint density at radius 2 is 2.00 bits per heavy atom. The van der Waals surface area contributed by atoms with Gasteiger partial charge in [-0.1, -0.05) is 12.1 Å². The molecule has 0 aliphatic heterocycles. The highest BCUT2D eigenvalue weighted by atomic mass is 19.1. The molecular formula is C18H14FNO4. The van der Waals surface area contributed by atoms with E-state index in [1.807, 2.05) is 0 Å². The maximum atomic E-state index is 13.4. The van der Waals surface area contributed by atoms with Gasteiger partial charge in [-0.2, -0.15) is 0 Å². The predicted octanol–water partition coefficient (Wildman–Crippen LogP) is 3.26. The number of carbonyl (C=O) groups excluding carboxylic acids is 1. The fourth-order valence-electron chi connectivity index (χ4n) is 2.30. The Hall–Kier alpha value is -3.15. The lowest BCUT2D eigenvalue weighted by Crippen LogP contribution is -2.20. The second-order valence-corrected chi connectivity index (χ2v) is 5.23. The molecule has 0 radical (unpaired) electrons. The van der Waals surface area contributed by atoms with Gasteiger partial charge in [0.15, 0.2) is 18.2 Å². The molecule has 5 nitrogen and oxygen atoms in total. The van der Waals surface area contributed by atoms with Crippen LogP contribution in [-0.4, -0.2) is 12.5 Å². The Labute approximate surface area is 136 Å². The molecule has 0 atom stereocenters. The SMILES string of the molecule is Cc1cc(=O)oc2cc(NC(=O)COc3ccccc3F)ccc12. The zero-order valence-electron chi connectivity index (χ0n) is 12.8. The molecule has 3 rings (SSSR count). The van der Waals surface area contributed by atoms with Gasteiger partial charge in [0.1, 0.15) is 5.58 Å². The first-order chi connectivity index (χ1) is 11.5. The van der Waals surface area contributed by atoms with Crippen LogP contribution in [0.3, 0.4) is 0 Å². The molecule has 1 N–H and O–H groups in total. The Bertz CT molecular complexity index is 965. The van der Waals surface area contributed by atoms with E-state index >= 15 is 0 Å². The third-order valence-electron chi connectivity index (χ3n) is 3.43. The first-order valence-corrected chi connectivity index (χ1v) is 7.24. The highest BCUT2D eigenvalue weighted by molar-refractivity contribution is 5.94. The third kappa shape index (κ3) is 3.43. The van der Waals surface area contributed by atoms with Gasteiger partial charge >= 0.3 is 5.63 Å². The van der Waals surface area contributed by atoms with Crippen molar-refractivity contribution < 1.29 is 18.3 Å². The summed E-state index contributed by atoms with van der Waals surface area (Å²) < 4.78 is 23.7. The normalized spacial score (nSPS) is 10.6. The van der Waals surface area contributed by atoms with Crippen LogP contribution in [0.1, 0.15) is 5.56 Å². The average molecular weight is 327 g/mol. The molecule has 0 aliphatic rings. The van der Waals surface area contributed by atoms with Crippen LogP contribution in [0, 0.1) is 12.7 Å². The van der Waals surface area contributed by atoms with E-state index < -0.39 is 17.3 Å². The number of hydrogen-bond acceptors (Lipinski definition) is 4. The maximum absolute atomic E-state index is 13.4. The molecule has 24 heavy (non-hydrogen) atoms. The summed E-state index contributed by atoms with van der Waals surface area (Å²) in [6.07, 6.45) is 0. The monoisotopic (exact) mass is 327 g/mol. The Morgan fingerprint density at radius 1 is 1.21 bits per heavy atom. The summed E-state index contributed by atoms with van der Waals surface area (Å²) in [6, 6.07) is 12.2. The van der Waals surface area contributed by atoms with Gasteiger partial charge in [0, 0.05) is 23.2 Å². The van der Waals surface area contributed by atoms with Crippen molar-refractivity contribution in [3.05, 3.63) is 70.3 Å².